The van der Waals surface area contributed by atoms with E-state index in [0.29, 0.717) is 0 Å². The molecule has 0 fully saturated rings. The van der Waals surface area contributed by atoms with E-state index < -0.39 is 0 Å². The molecular formula is C18H20N2OS. The Hall–Kier alpha value is -2.07. The Morgan fingerprint density at radius 2 is 1.82 bits per heavy atom. The third-order valence-electron chi connectivity index (χ3n) is 4.17. The van der Waals surface area contributed by atoms with Gasteiger partial charge in [0, 0.05) is 32.8 Å². The molecule has 114 valence electrons. The molecule has 1 aromatic heterocycles. The van der Waals surface area contributed by atoms with Crippen LogP contribution in [0.2, 0.25) is 0 Å². The van der Waals surface area contributed by atoms with Crippen LogP contribution in [0, 0.1) is 0 Å². The van der Waals surface area contributed by atoms with Crippen molar-refractivity contribution in [2.24, 2.45) is 0 Å². The zero-order chi connectivity index (χ0) is 15.9. The summed E-state index contributed by atoms with van der Waals surface area (Å²) in [5.41, 5.74) is 4.06. The van der Waals surface area contributed by atoms with Gasteiger partial charge in [-0.2, -0.15) is 0 Å². The number of carbonyl (C=O) groups is 1. The van der Waals surface area contributed by atoms with Crippen LogP contribution in [0.1, 0.15) is 24.0 Å². The number of hydrogen-bond acceptors (Lipinski definition) is 3. The first-order valence-corrected chi connectivity index (χ1v) is 8.22. The minimum atomic E-state index is 0.0583. The van der Waals surface area contributed by atoms with Crippen molar-refractivity contribution in [2.75, 3.05) is 26.0 Å². The van der Waals surface area contributed by atoms with E-state index in [1.54, 1.807) is 16.2 Å². The lowest BCUT2D eigenvalue weighted by molar-refractivity contribution is -0.113. The van der Waals surface area contributed by atoms with Gasteiger partial charge >= 0.3 is 0 Å². The summed E-state index contributed by atoms with van der Waals surface area (Å²) in [4.78, 5) is 17.0. The highest BCUT2D eigenvalue weighted by Crippen LogP contribution is 2.43. The number of benzene rings is 1. The van der Waals surface area contributed by atoms with E-state index in [1.807, 2.05) is 51.5 Å². The van der Waals surface area contributed by atoms with E-state index in [4.69, 9.17) is 0 Å². The number of rotatable bonds is 2. The molecule has 2 heterocycles. The number of thiophene rings is 1. The first-order valence-electron chi connectivity index (χ1n) is 7.34. The minimum absolute atomic E-state index is 0.0583. The van der Waals surface area contributed by atoms with Crippen LogP contribution in [0.15, 0.2) is 47.5 Å². The summed E-state index contributed by atoms with van der Waals surface area (Å²) in [6, 6.07) is 12.1. The van der Waals surface area contributed by atoms with E-state index >= 15 is 0 Å². The number of allylic oxidation sites excluding steroid dienone is 1. The number of amides is 1. The summed E-state index contributed by atoms with van der Waals surface area (Å²) in [5, 5.41) is 3.11. The van der Waals surface area contributed by atoms with Gasteiger partial charge in [0.25, 0.3) is 5.91 Å². The van der Waals surface area contributed by atoms with Crippen molar-refractivity contribution in [3.8, 4) is 0 Å². The van der Waals surface area contributed by atoms with Crippen molar-refractivity contribution in [2.45, 2.75) is 12.8 Å². The third-order valence-corrected chi connectivity index (χ3v) is 5.18. The molecule has 1 aliphatic heterocycles. The lowest BCUT2D eigenvalue weighted by atomic mass is 9.93. The first kappa shape index (κ1) is 14.9. The number of likely N-dealkylation sites (N-methyl/N-ethyl adjacent to an activating group) is 2. The average Bonchev–Trinajstić information content (AvgIpc) is 2.97. The first-order chi connectivity index (χ1) is 10.5. The van der Waals surface area contributed by atoms with Crippen LogP contribution >= 0.6 is 11.3 Å². The molecule has 2 aromatic rings. The highest BCUT2D eigenvalue weighted by Gasteiger charge is 2.33. The van der Waals surface area contributed by atoms with Gasteiger partial charge in [-0.15, -0.1) is 11.3 Å². The van der Waals surface area contributed by atoms with Crippen LogP contribution in [0.25, 0.3) is 5.57 Å². The topological polar surface area (TPSA) is 23.6 Å². The summed E-state index contributed by atoms with van der Waals surface area (Å²) in [5.74, 6) is 0.239. The van der Waals surface area contributed by atoms with Crippen LogP contribution in [-0.2, 0) is 4.79 Å². The molecule has 0 radical (unpaired) electrons. The molecule has 3 nitrogen and oxygen atoms in total. The number of nitrogens with zero attached hydrogens (tertiary/aromatic N) is 2. The molecule has 0 saturated carbocycles. The Morgan fingerprint density at radius 1 is 1.14 bits per heavy atom. The van der Waals surface area contributed by atoms with Gasteiger partial charge in [0.15, 0.2) is 0 Å². The van der Waals surface area contributed by atoms with Crippen molar-refractivity contribution in [1.29, 1.82) is 0 Å². The van der Waals surface area contributed by atoms with Crippen LogP contribution < -0.4 is 4.90 Å². The predicted octanol–water partition coefficient (Wildman–Crippen LogP) is 3.80. The number of carbonyl (C=O) groups excluding carboxylic acids is 1. The van der Waals surface area contributed by atoms with Crippen LogP contribution in [0.5, 0.6) is 0 Å². The zero-order valence-corrected chi connectivity index (χ0v) is 14.1. The molecule has 1 amide bonds. The Balaban J connectivity index is 2.29. The standard InChI is InChI=1S/C18H20N2OS/c1-12-14-10-11-22-18(14)20(4)17(21)15(16(12)19(2)3)13-8-6-5-7-9-13/h5-12H,1-4H3. The molecule has 4 heteroatoms. The largest absolute Gasteiger partial charge is 0.380 e. The number of hydrogen-bond donors (Lipinski definition) is 0. The van der Waals surface area contributed by atoms with Gasteiger partial charge in [0.05, 0.1) is 5.57 Å². The monoisotopic (exact) mass is 312 g/mol. The van der Waals surface area contributed by atoms with Crippen molar-refractivity contribution >= 4 is 27.8 Å². The maximum atomic E-state index is 13.1. The van der Waals surface area contributed by atoms with Gasteiger partial charge in [-0.3, -0.25) is 4.79 Å². The summed E-state index contributed by atoms with van der Waals surface area (Å²) < 4.78 is 0. The fourth-order valence-corrected chi connectivity index (χ4v) is 4.10. The lowest BCUT2D eigenvalue weighted by Gasteiger charge is -2.25. The van der Waals surface area contributed by atoms with Crippen molar-refractivity contribution in [1.82, 2.24) is 4.90 Å². The lowest BCUT2D eigenvalue weighted by Crippen LogP contribution is -2.27. The van der Waals surface area contributed by atoms with Gasteiger partial charge in [-0.25, -0.2) is 0 Å². The summed E-state index contributed by atoms with van der Waals surface area (Å²) in [7, 11) is 5.89. The Labute approximate surface area is 135 Å². The zero-order valence-electron chi connectivity index (χ0n) is 13.3. The maximum Gasteiger partial charge on any atom is 0.261 e. The van der Waals surface area contributed by atoms with Gasteiger partial charge in [-0.1, -0.05) is 37.3 Å². The van der Waals surface area contributed by atoms with Crippen LogP contribution in [0.3, 0.4) is 0 Å². The van der Waals surface area contributed by atoms with E-state index in [2.05, 4.69) is 23.3 Å². The Kier molecular flexibility index (Phi) is 3.79. The highest BCUT2D eigenvalue weighted by molar-refractivity contribution is 7.14. The van der Waals surface area contributed by atoms with E-state index in [9.17, 15) is 4.79 Å². The highest BCUT2D eigenvalue weighted by atomic mass is 32.1. The molecule has 22 heavy (non-hydrogen) atoms. The minimum Gasteiger partial charge on any atom is -0.380 e. The molecule has 0 bridgehead atoms. The molecule has 1 aromatic carbocycles. The van der Waals surface area contributed by atoms with Gasteiger partial charge < -0.3 is 9.80 Å². The SMILES string of the molecule is CC1C(N(C)C)=C(c2ccccc2)C(=O)N(C)c2sccc21. The fourth-order valence-electron chi connectivity index (χ4n) is 3.13. The smallest absolute Gasteiger partial charge is 0.261 e. The molecule has 0 N–H and O–H groups in total. The molecule has 0 aliphatic carbocycles. The van der Waals surface area contributed by atoms with Crippen molar-refractivity contribution < 1.29 is 4.79 Å². The van der Waals surface area contributed by atoms with E-state index in [1.165, 1.54) is 5.56 Å². The van der Waals surface area contributed by atoms with E-state index in [-0.39, 0.29) is 11.8 Å². The molecule has 0 saturated heterocycles. The molecule has 1 atom stereocenters. The summed E-state index contributed by atoms with van der Waals surface area (Å²) >= 11 is 1.63. The van der Waals surface area contributed by atoms with Gasteiger partial charge in [0.1, 0.15) is 5.00 Å². The van der Waals surface area contributed by atoms with Crippen LogP contribution in [0.4, 0.5) is 5.00 Å². The second-order valence-electron chi connectivity index (χ2n) is 5.79. The second kappa shape index (κ2) is 5.61. The summed E-state index contributed by atoms with van der Waals surface area (Å²) in [6.45, 7) is 2.18. The number of fused-ring (bicyclic) bond motifs is 1. The Bertz CT molecular complexity index is 731. The van der Waals surface area contributed by atoms with Crippen LogP contribution in [-0.4, -0.2) is 32.0 Å². The predicted molar refractivity (Wildman–Crippen MR) is 93.2 cm³/mol. The normalized spacial score (nSPS) is 18.3. The Morgan fingerprint density at radius 3 is 2.45 bits per heavy atom. The fraction of sp³-hybridized carbons (Fsp3) is 0.278. The third kappa shape index (κ3) is 2.24. The quantitative estimate of drug-likeness (QED) is 0.842. The maximum absolute atomic E-state index is 13.1. The molecule has 3 rings (SSSR count). The van der Waals surface area contributed by atoms with E-state index in [0.717, 1.165) is 21.8 Å². The summed E-state index contributed by atoms with van der Waals surface area (Å²) in [6.07, 6.45) is 0. The van der Waals surface area contributed by atoms with Gasteiger partial charge in [-0.05, 0) is 22.6 Å². The second-order valence-corrected chi connectivity index (χ2v) is 6.68. The average molecular weight is 312 g/mol. The molecule has 1 unspecified atom stereocenters. The van der Waals surface area contributed by atoms with Crippen molar-refractivity contribution in [3.63, 3.8) is 0 Å². The molecular weight excluding hydrogens is 292 g/mol. The number of anilines is 1. The van der Waals surface area contributed by atoms with Crippen molar-refractivity contribution in [3.05, 3.63) is 58.6 Å². The van der Waals surface area contributed by atoms with Gasteiger partial charge in [0.2, 0.25) is 0 Å². The molecule has 0 spiro atoms. The molecule has 1 aliphatic rings.